The smallest absolute Gasteiger partial charge is 0.0527 e. The van der Waals surface area contributed by atoms with Gasteiger partial charge >= 0.3 is 0 Å². The molecule has 17 heavy (non-hydrogen) atoms. The molecule has 0 bridgehead atoms. The van der Waals surface area contributed by atoms with Crippen LogP contribution in [0.1, 0.15) is 24.6 Å². The fourth-order valence-electron chi connectivity index (χ4n) is 2.65. The number of piperazine rings is 1. The van der Waals surface area contributed by atoms with Crippen molar-refractivity contribution < 1.29 is 0 Å². The van der Waals surface area contributed by atoms with E-state index in [0.717, 1.165) is 19.0 Å². The second-order valence-corrected chi connectivity index (χ2v) is 4.69. The second-order valence-electron chi connectivity index (χ2n) is 4.69. The molecule has 0 spiro atoms. The lowest BCUT2D eigenvalue weighted by Gasteiger charge is -2.34. The van der Waals surface area contributed by atoms with Gasteiger partial charge in [-0.2, -0.15) is 0 Å². The Kier molecular flexibility index (Phi) is 5.80. The minimum Gasteiger partial charge on any atom is -0.364 e. The fourth-order valence-corrected chi connectivity index (χ4v) is 2.65. The topological polar surface area (TPSA) is 31.1 Å². The first-order valence-electron chi connectivity index (χ1n) is 6.03. The van der Waals surface area contributed by atoms with Crippen molar-refractivity contribution in [1.82, 2.24) is 15.2 Å². The summed E-state index contributed by atoms with van der Waals surface area (Å²) < 4.78 is 0. The number of rotatable bonds is 3. The zero-order chi connectivity index (χ0) is 10.1. The first kappa shape index (κ1) is 14.8. The maximum Gasteiger partial charge on any atom is 0.0527 e. The van der Waals surface area contributed by atoms with Crippen LogP contribution in [-0.4, -0.2) is 36.1 Å². The van der Waals surface area contributed by atoms with Gasteiger partial charge < -0.3 is 10.3 Å². The molecular formula is C12H21Cl2N3. The molecule has 3 rings (SSSR count). The van der Waals surface area contributed by atoms with Gasteiger partial charge in [0.05, 0.1) is 6.04 Å². The van der Waals surface area contributed by atoms with E-state index < -0.39 is 0 Å². The molecule has 0 unspecified atom stereocenters. The standard InChI is InChI=1S/C12H19N3.2ClH/c1-2-11(14-5-1)12(10-3-4-10)15-8-6-13-7-9-15;;/h1-2,5,10,12-14H,3-4,6-9H2;2*1H/t12-;;/m0../s1. The molecule has 3 nitrogen and oxygen atoms in total. The van der Waals surface area contributed by atoms with E-state index in [2.05, 4.69) is 27.3 Å². The number of aromatic amines is 1. The fraction of sp³-hybridized carbons (Fsp3) is 0.667. The Balaban J connectivity index is 0.000000722. The van der Waals surface area contributed by atoms with Crippen LogP contribution >= 0.6 is 24.8 Å². The number of hydrogen-bond acceptors (Lipinski definition) is 2. The first-order chi connectivity index (χ1) is 7.45. The maximum atomic E-state index is 3.42. The number of aromatic nitrogens is 1. The molecule has 1 atom stereocenters. The van der Waals surface area contributed by atoms with Gasteiger partial charge in [0.2, 0.25) is 0 Å². The lowest BCUT2D eigenvalue weighted by molar-refractivity contribution is 0.153. The van der Waals surface area contributed by atoms with E-state index in [-0.39, 0.29) is 24.8 Å². The Labute approximate surface area is 115 Å². The largest absolute Gasteiger partial charge is 0.364 e. The van der Waals surface area contributed by atoms with Crippen molar-refractivity contribution in [2.45, 2.75) is 18.9 Å². The van der Waals surface area contributed by atoms with E-state index >= 15 is 0 Å². The third-order valence-electron chi connectivity index (χ3n) is 3.55. The van der Waals surface area contributed by atoms with Crippen molar-refractivity contribution >= 4 is 24.8 Å². The highest BCUT2D eigenvalue weighted by molar-refractivity contribution is 5.85. The molecule has 0 aromatic carbocycles. The summed E-state index contributed by atoms with van der Waals surface area (Å²) >= 11 is 0. The molecule has 2 N–H and O–H groups in total. The van der Waals surface area contributed by atoms with Gasteiger partial charge in [-0.15, -0.1) is 24.8 Å². The Morgan fingerprint density at radius 3 is 2.41 bits per heavy atom. The van der Waals surface area contributed by atoms with Gasteiger partial charge in [-0.3, -0.25) is 4.90 Å². The summed E-state index contributed by atoms with van der Waals surface area (Å²) in [4.78, 5) is 6.03. The lowest BCUT2D eigenvalue weighted by atomic mass is 10.1. The van der Waals surface area contributed by atoms with E-state index in [1.54, 1.807) is 0 Å². The third kappa shape index (κ3) is 3.38. The monoisotopic (exact) mass is 277 g/mol. The molecule has 1 aromatic rings. The Morgan fingerprint density at radius 1 is 1.18 bits per heavy atom. The van der Waals surface area contributed by atoms with Crippen molar-refractivity contribution in [2.75, 3.05) is 26.2 Å². The highest BCUT2D eigenvalue weighted by atomic mass is 35.5. The second kappa shape index (κ2) is 6.64. The zero-order valence-corrected chi connectivity index (χ0v) is 11.5. The van der Waals surface area contributed by atoms with Crippen LogP contribution in [0.4, 0.5) is 0 Å². The molecule has 1 aromatic heterocycles. The van der Waals surface area contributed by atoms with Gasteiger partial charge in [-0.05, 0) is 30.9 Å². The molecule has 0 amide bonds. The van der Waals surface area contributed by atoms with Gasteiger partial charge in [0.15, 0.2) is 0 Å². The Morgan fingerprint density at radius 2 is 1.88 bits per heavy atom. The number of hydrogen-bond donors (Lipinski definition) is 2. The van der Waals surface area contributed by atoms with E-state index in [4.69, 9.17) is 0 Å². The molecule has 98 valence electrons. The van der Waals surface area contributed by atoms with E-state index in [1.165, 1.54) is 31.6 Å². The minimum atomic E-state index is 0. The van der Waals surface area contributed by atoms with Crippen molar-refractivity contribution in [3.8, 4) is 0 Å². The van der Waals surface area contributed by atoms with Crippen LogP contribution < -0.4 is 5.32 Å². The molecular weight excluding hydrogens is 257 g/mol. The number of nitrogens with one attached hydrogen (secondary N) is 2. The van der Waals surface area contributed by atoms with Crippen molar-refractivity contribution in [3.63, 3.8) is 0 Å². The van der Waals surface area contributed by atoms with E-state index in [1.807, 2.05) is 6.20 Å². The molecule has 2 heterocycles. The van der Waals surface area contributed by atoms with Crippen LogP contribution in [0, 0.1) is 5.92 Å². The summed E-state index contributed by atoms with van der Waals surface area (Å²) in [5, 5.41) is 3.42. The predicted molar refractivity (Wildman–Crippen MR) is 75.2 cm³/mol. The normalized spacial score (nSPS) is 22.4. The SMILES string of the molecule is Cl.Cl.c1c[nH]c([C@H](C2CC2)N2CCNCC2)c1. The summed E-state index contributed by atoms with van der Waals surface area (Å²) in [6, 6.07) is 5.01. The van der Waals surface area contributed by atoms with E-state index in [0.29, 0.717) is 6.04 Å². The molecule has 0 radical (unpaired) electrons. The predicted octanol–water partition coefficient (Wildman–Crippen LogP) is 2.21. The average Bonchev–Trinajstić information content (AvgIpc) is 2.96. The quantitative estimate of drug-likeness (QED) is 0.888. The molecule has 1 aliphatic heterocycles. The molecule has 1 aliphatic carbocycles. The zero-order valence-electron chi connectivity index (χ0n) is 9.89. The van der Waals surface area contributed by atoms with Crippen LogP contribution in [0.25, 0.3) is 0 Å². The van der Waals surface area contributed by atoms with Crippen LogP contribution in [0.2, 0.25) is 0 Å². The Bertz CT molecular complexity index is 306. The van der Waals surface area contributed by atoms with Crippen molar-refractivity contribution in [1.29, 1.82) is 0 Å². The number of halogens is 2. The summed E-state index contributed by atoms with van der Waals surface area (Å²) in [6.45, 7) is 4.67. The summed E-state index contributed by atoms with van der Waals surface area (Å²) in [6.07, 6.45) is 4.87. The maximum absolute atomic E-state index is 3.42. The highest BCUT2D eigenvalue weighted by Gasteiger charge is 2.37. The molecule has 1 saturated heterocycles. The van der Waals surface area contributed by atoms with Gasteiger partial charge in [-0.25, -0.2) is 0 Å². The van der Waals surface area contributed by atoms with Gasteiger partial charge in [0.1, 0.15) is 0 Å². The first-order valence-corrected chi connectivity index (χ1v) is 6.03. The van der Waals surface area contributed by atoms with Crippen LogP contribution in [0.15, 0.2) is 18.3 Å². The van der Waals surface area contributed by atoms with Gasteiger partial charge in [0, 0.05) is 38.1 Å². The average molecular weight is 278 g/mol. The number of H-pyrrole nitrogens is 1. The van der Waals surface area contributed by atoms with E-state index in [9.17, 15) is 0 Å². The van der Waals surface area contributed by atoms with Gasteiger partial charge in [-0.1, -0.05) is 0 Å². The highest BCUT2D eigenvalue weighted by Crippen LogP contribution is 2.43. The summed E-state index contributed by atoms with van der Waals surface area (Å²) in [5.41, 5.74) is 1.42. The molecule has 5 heteroatoms. The van der Waals surface area contributed by atoms with Crippen molar-refractivity contribution in [2.24, 2.45) is 5.92 Å². The number of nitrogens with zero attached hydrogens (tertiary/aromatic N) is 1. The summed E-state index contributed by atoms with van der Waals surface area (Å²) in [5.74, 6) is 0.904. The lowest BCUT2D eigenvalue weighted by Crippen LogP contribution is -2.45. The third-order valence-corrected chi connectivity index (χ3v) is 3.55. The summed E-state index contributed by atoms with van der Waals surface area (Å²) in [7, 11) is 0. The van der Waals surface area contributed by atoms with Crippen LogP contribution in [0.3, 0.4) is 0 Å². The molecule has 2 fully saturated rings. The van der Waals surface area contributed by atoms with Crippen LogP contribution in [0.5, 0.6) is 0 Å². The van der Waals surface area contributed by atoms with Gasteiger partial charge in [0.25, 0.3) is 0 Å². The Hall–Kier alpha value is -0.220. The minimum absolute atomic E-state index is 0. The van der Waals surface area contributed by atoms with Crippen LogP contribution in [-0.2, 0) is 0 Å². The molecule has 2 aliphatic rings. The molecule has 1 saturated carbocycles. The van der Waals surface area contributed by atoms with Crippen molar-refractivity contribution in [3.05, 3.63) is 24.0 Å².